The van der Waals surface area contributed by atoms with Crippen molar-refractivity contribution >= 4 is 29.4 Å². The van der Waals surface area contributed by atoms with Gasteiger partial charge in [0.15, 0.2) is 0 Å². The zero-order chi connectivity index (χ0) is 35.3. The number of nitrogens with zero attached hydrogens (tertiary/aromatic N) is 3. The highest BCUT2D eigenvalue weighted by Crippen LogP contribution is 2.59. The van der Waals surface area contributed by atoms with E-state index in [0.29, 0.717) is 36.3 Å². The average Bonchev–Trinajstić information content (AvgIpc) is 3.77. The van der Waals surface area contributed by atoms with E-state index in [9.17, 15) is 24.3 Å². The van der Waals surface area contributed by atoms with Crippen LogP contribution in [-0.4, -0.2) is 96.2 Å². The molecule has 0 radical (unpaired) electrons. The van der Waals surface area contributed by atoms with Gasteiger partial charge in [0.05, 0.1) is 31.1 Å². The van der Waals surface area contributed by atoms with E-state index < -0.39 is 47.7 Å². The Bertz CT molecular complexity index is 1530. The Balaban J connectivity index is 1.47. The van der Waals surface area contributed by atoms with Gasteiger partial charge >= 0.3 is 5.97 Å². The molecule has 0 saturated carbocycles. The number of fused-ring (bicyclic) bond motifs is 1. The SMILES string of the molecule is C=CCCC(=O)N(C)[C@H](C)[C@H](OC(=O)[C@@H]1[C@@H]2CC[C@]3(O2)[C@H](C(=O)N(CC=C)c2ccc(OC)cc2)N(CCCO)C(=O)[C@@H]13)c1ccccc1. The zero-order valence-electron chi connectivity index (χ0n) is 28.5. The lowest BCUT2D eigenvalue weighted by Crippen LogP contribution is -2.56. The second kappa shape index (κ2) is 15.4. The van der Waals surface area contributed by atoms with Crippen LogP contribution in [-0.2, 0) is 28.7 Å². The van der Waals surface area contributed by atoms with Crippen LogP contribution in [0, 0.1) is 11.8 Å². The van der Waals surface area contributed by atoms with Crippen molar-refractivity contribution in [3.05, 3.63) is 85.5 Å². The topological polar surface area (TPSA) is 126 Å². The Morgan fingerprint density at radius 3 is 2.47 bits per heavy atom. The quantitative estimate of drug-likeness (QED) is 0.209. The van der Waals surface area contributed by atoms with E-state index >= 15 is 0 Å². The van der Waals surface area contributed by atoms with E-state index in [0.717, 1.165) is 0 Å². The average molecular weight is 674 g/mol. The minimum atomic E-state index is -1.25. The standard InChI is InChI=1S/C38H47N3O8/c1-6-8-15-30(43)39(4)25(3)33(26-13-10-9-11-14-26)48-37(46)31-29-20-21-38(49-29)32(31)35(44)41(23-12-24-42)34(38)36(45)40(22-7-2)27-16-18-28(47-5)19-17-27/h6-7,9-11,13-14,16-19,25,29,31-34,42H,1-2,8,12,15,20-24H2,3-5H3/t25-,29+,31-,32-,33+,34+,38-/m1/s1. The molecule has 3 saturated heterocycles. The maximum absolute atomic E-state index is 14.6. The van der Waals surface area contributed by atoms with Crippen LogP contribution in [0.5, 0.6) is 5.75 Å². The number of esters is 1. The predicted molar refractivity (Wildman–Crippen MR) is 184 cm³/mol. The molecule has 1 spiro atoms. The fourth-order valence-electron chi connectivity index (χ4n) is 7.67. The number of aliphatic hydroxyl groups excluding tert-OH is 1. The molecule has 49 heavy (non-hydrogen) atoms. The molecule has 1 N–H and O–H groups in total. The van der Waals surface area contributed by atoms with E-state index in [1.54, 1.807) is 60.4 Å². The molecule has 7 atom stereocenters. The molecule has 3 aliphatic rings. The number of likely N-dealkylation sites (tertiary alicyclic amines) is 1. The van der Waals surface area contributed by atoms with Crippen molar-refractivity contribution in [2.45, 2.75) is 68.9 Å². The van der Waals surface area contributed by atoms with E-state index in [-0.39, 0.29) is 50.3 Å². The molecular formula is C38H47N3O8. The molecule has 2 aromatic rings. The van der Waals surface area contributed by atoms with Crippen LogP contribution in [0.2, 0.25) is 0 Å². The molecule has 3 amide bonds. The van der Waals surface area contributed by atoms with Crippen LogP contribution in [0.15, 0.2) is 79.9 Å². The highest BCUT2D eigenvalue weighted by molar-refractivity contribution is 6.04. The normalized spacial score (nSPS) is 24.9. The molecule has 3 fully saturated rings. The highest BCUT2D eigenvalue weighted by atomic mass is 16.6. The van der Waals surface area contributed by atoms with Crippen LogP contribution < -0.4 is 9.64 Å². The summed E-state index contributed by atoms with van der Waals surface area (Å²) < 4.78 is 18.2. The number of ether oxygens (including phenoxy) is 3. The van der Waals surface area contributed by atoms with Gasteiger partial charge in [-0.2, -0.15) is 0 Å². The van der Waals surface area contributed by atoms with Crippen molar-refractivity contribution in [2.75, 3.05) is 38.8 Å². The summed E-state index contributed by atoms with van der Waals surface area (Å²) >= 11 is 0. The highest BCUT2D eigenvalue weighted by Gasteiger charge is 2.75. The van der Waals surface area contributed by atoms with Gasteiger partial charge in [-0.3, -0.25) is 19.2 Å². The number of methoxy groups -OCH3 is 1. The Labute approximate surface area is 288 Å². The van der Waals surface area contributed by atoms with Crippen molar-refractivity contribution in [1.82, 2.24) is 9.80 Å². The fraction of sp³-hybridized carbons (Fsp3) is 0.474. The summed E-state index contributed by atoms with van der Waals surface area (Å²) in [5, 5.41) is 9.73. The molecule has 0 unspecified atom stereocenters. The predicted octanol–water partition coefficient (Wildman–Crippen LogP) is 4.07. The van der Waals surface area contributed by atoms with Crippen LogP contribution in [0.4, 0.5) is 5.69 Å². The largest absolute Gasteiger partial charge is 0.497 e. The summed E-state index contributed by atoms with van der Waals surface area (Å²) in [6.45, 7) is 9.50. The van der Waals surface area contributed by atoms with E-state index in [1.807, 2.05) is 37.3 Å². The number of aliphatic hydroxyl groups is 1. The van der Waals surface area contributed by atoms with Gasteiger partial charge in [0.1, 0.15) is 23.5 Å². The molecule has 5 rings (SSSR count). The first-order chi connectivity index (χ1) is 23.6. The third-order valence-corrected chi connectivity index (χ3v) is 10.2. The molecule has 0 aromatic heterocycles. The molecule has 262 valence electrons. The number of likely N-dealkylation sites (N-methyl/N-ethyl adjacent to an activating group) is 1. The van der Waals surface area contributed by atoms with Gasteiger partial charge in [0.25, 0.3) is 5.91 Å². The number of amides is 3. The maximum atomic E-state index is 14.6. The molecule has 2 bridgehead atoms. The van der Waals surface area contributed by atoms with Crippen LogP contribution >= 0.6 is 0 Å². The number of hydrogen-bond acceptors (Lipinski definition) is 8. The summed E-state index contributed by atoms with van der Waals surface area (Å²) in [5.74, 6) is -2.72. The first-order valence-corrected chi connectivity index (χ1v) is 16.9. The minimum Gasteiger partial charge on any atom is -0.497 e. The van der Waals surface area contributed by atoms with E-state index in [2.05, 4.69) is 13.2 Å². The molecule has 3 heterocycles. The third-order valence-electron chi connectivity index (χ3n) is 10.2. The number of hydrogen-bond donors (Lipinski definition) is 1. The van der Waals surface area contributed by atoms with Crippen LogP contribution in [0.1, 0.15) is 50.7 Å². The van der Waals surface area contributed by atoms with E-state index in [4.69, 9.17) is 14.2 Å². The summed E-state index contributed by atoms with van der Waals surface area (Å²) in [4.78, 5) is 60.9. The van der Waals surface area contributed by atoms with Gasteiger partial charge < -0.3 is 34.0 Å². The monoisotopic (exact) mass is 673 g/mol. The van der Waals surface area contributed by atoms with E-state index in [1.165, 1.54) is 4.90 Å². The first-order valence-electron chi connectivity index (χ1n) is 16.9. The minimum absolute atomic E-state index is 0.112. The van der Waals surface area contributed by atoms with Gasteiger partial charge in [-0.05, 0) is 62.4 Å². The zero-order valence-corrected chi connectivity index (χ0v) is 28.5. The maximum Gasteiger partial charge on any atom is 0.313 e. The first kappa shape index (κ1) is 35.8. The van der Waals surface area contributed by atoms with Gasteiger partial charge in [0.2, 0.25) is 11.8 Å². The lowest BCUT2D eigenvalue weighted by atomic mass is 9.70. The van der Waals surface area contributed by atoms with Gasteiger partial charge in [-0.1, -0.05) is 42.5 Å². The van der Waals surface area contributed by atoms with Crippen molar-refractivity contribution < 1.29 is 38.5 Å². The number of rotatable bonds is 16. The second-order valence-corrected chi connectivity index (χ2v) is 12.9. The van der Waals surface area contributed by atoms with Gasteiger partial charge in [0, 0.05) is 38.9 Å². The van der Waals surface area contributed by atoms with Crippen LogP contribution in [0.25, 0.3) is 0 Å². The molecule has 3 aliphatic heterocycles. The molecule has 11 heteroatoms. The molecule has 2 aromatic carbocycles. The van der Waals surface area contributed by atoms with Crippen LogP contribution in [0.3, 0.4) is 0 Å². The Kier molecular flexibility index (Phi) is 11.2. The molecule has 0 aliphatic carbocycles. The molecular weight excluding hydrogens is 626 g/mol. The summed E-state index contributed by atoms with van der Waals surface area (Å²) in [6.07, 6.45) is 3.78. The number of allylic oxidation sites excluding steroid dienone is 1. The smallest absolute Gasteiger partial charge is 0.313 e. The van der Waals surface area contributed by atoms with Crippen molar-refractivity contribution in [2.24, 2.45) is 11.8 Å². The summed E-state index contributed by atoms with van der Waals surface area (Å²) in [5.41, 5.74) is 0.0466. The lowest BCUT2D eigenvalue weighted by Gasteiger charge is -2.37. The Morgan fingerprint density at radius 1 is 1.12 bits per heavy atom. The molecule has 11 nitrogen and oxygen atoms in total. The lowest BCUT2D eigenvalue weighted by molar-refractivity contribution is -0.164. The number of anilines is 1. The van der Waals surface area contributed by atoms with Gasteiger partial charge in [-0.15, -0.1) is 13.2 Å². The number of carbonyl (C=O) groups is 4. The number of benzene rings is 2. The van der Waals surface area contributed by atoms with Crippen molar-refractivity contribution in [3.63, 3.8) is 0 Å². The summed E-state index contributed by atoms with van der Waals surface area (Å²) in [7, 11) is 3.24. The Hall–Kier alpha value is -4.48. The van der Waals surface area contributed by atoms with Crippen molar-refractivity contribution in [1.29, 1.82) is 0 Å². The third kappa shape index (κ3) is 6.74. The number of carbonyl (C=O) groups excluding carboxylic acids is 4. The Morgan fingerprint density at radius 2 is 1.84 bits per heavy atom. The van der Waals surface area contributed by atoms with Crippen molar-refractivity contribution in [3.8, 4) is 5.75 Å². The van der Waals surface area contributed by atoms with Gasteiger partial charge in [-0.25, -0.2) is 0 Å². The summed E-state index contributed by atoms with van der Waals surface area (Å²) in [6, 6.07) is 14.7. The second-order valence-electron chi connectivity index (χ2n) is 12.9. The fourth-order valence-corrected chi connectivity index (χ4v) is 7.67.